The number of benzene rings is 1. The molecule has 1 aromatic carbocycles. The Bertz CT molecular complexity index is 350. The topological polar surface area (TPSA) is 76.0 Å². The van der Waals surface area contributed by atoms with Crippen LogP contribution in [0.3, 0.4) is 0 Å². The van der Waals surface area contributed by atoms with Gasteiger partial charge in [-0.3, -0.25) is 0 Å². The van der Waals surface area contributed by atoms with Crippen molar-refractivity contribution in [1.29, 1.82) is 0 Å². The van der Waals surface area contributed by atoms with Crippen LogP contribution in [-0.4, -0.2) is 36.2 Å². The Hall–Kier alpha value is -1.59. The molecule has 16 heavy (non-hydrogen) atoms. The molecule has 0 saturated carbocycles. The molecule has 0 spiro atoms. The van der Waals surface area contributed by atoms with Crippen LogP contribution in [0.25, 0.3) is 0 Å². The standard InChI is InChI=1S/C11H14O5/c1-15-9-5-3-2-4-8(9)6-7-16-11(14)10(12)13/h2-5,11,14H,6-7H2,1H3,(H,12,13). The molecular formula is C11H14O5. The zero-order valence-corrected chi connectivity index (χ0v) is 8.92. The molecule has 0 aliphatic carbocycles. The van der Waals surface area contributed by atoms with Crippen LogP contribution in [-0.2, 0) is 16.0 Å². The van der Waals surface area contributed by atoms with Crippen LogP contribution in [0.4, 0.5) is 0 Å². The van der Waals surface area contributed by atoms with E-state index in [1.165, 1.54) is 0 Å². The van der Waals surface area contributed by atoms with Crippen LogP contribution >= 0.6 is 0 Å². The number of aliphatic hydroxyl groups is 1. The molecular weight excluding hydrogens is 212 g/mol. The number of ether oxygens (including phenoxy) is 2. The summed E-state index contributed by atoms with van der Waals surface area (Å²) in [5, 5.41) is 17.3. The van der Waals surface area contributed by atoms with Gasteiger partial charge in [-0.15, -0.1) is 0 Å². The van der Waals surface area contributed by atoms with Crippen molar-refractivity contribution in [3.8, 4) is 5.75 Å². The van der Waals surface area contributed by atoms with Gasteiger partial charge in [-0.25, -0.2) is 4.79 Å². The van der Waals surface area contributed by atoms with Gasteiger partial charge in [0.25, 0.3) is 6.29 Å². The summed E-state index contributed by atoms with van der Waals surface area (Å²) in [5.74, 6) is -0.670. The van der Waals surface area contributed by atoms with Crippen molar-refractivity contribution in [3.05, 3.63) is 29.8 Å². The number of carboxylic acids is 1. The predicted molar refractivity (Wildman–Crippen MR) is 56.3 cm³/mol. The minimum absolute atomic E-state index is 0.119. The summed E-state index contributed by atoms with van der Waals surface area (Å²) in [4.78, 5) is 10.3. The van der Waals surface area contributed by atoms with Gasteiger partial charge in [0.1, 0.15) is 5.75 Å². The van der Waals surface area contributed by atoms with Gasteiger partial charge in [0.2, 0.25) is 0 Å². The first-order valence-electron chi connectivity index (χ1n) is 4.79. The van der Waals surface area contributed by atoms with Gasteiger partial charge < -0.3 is 19.7 Å². The van der Waals surface area contributed by atoms with Crippen LogP contribution < -0.4 is 4.74 Å². The van der Waals surface area contributed by atoms with Crippen molar-refractivity contribution in [2.24, 2.45) is 0 Å². The Balaban J connectivity index is 2.45. The van der Waals surface area contributed by atoms with Crippen molar-refractivity contribution in [2.75, 3.05) is 13.7 Å². The number of rotatable bonds is 6. The van der Waals surface area contributed by atoms with Gasteiger partial charge in [-0.05, 0) is 18.1 Å². The summed E-state index contributed by atoms with van der Waals surface area (Å²) in [6, 6.07) is 7.36. The molecule has 0 saturated heterocycles. The number of carbonyl (C=O) groups is 1. The third-order valence-corrected chi connectivity index (χ3v) is 2.05. The second-order valence-corrected chi connectivity index (χ2v) is 3.12. The third kappa shape index (κ3) is 3.52. The Morgan fingerprint density at radius 1 is 1.44 bits per heavy atom. The first-order valence-corrected chi connectivity index (χ1v) is 4.79. The molecule has 1 rings (SSSR count). The molecule has 0 radical (unpaired) electrons. The lowest BCUT2D eigenvalue weighted by Gasteiger charge is -2.09. The largest absolute Gasteiger partial charge is 0.496 e. The lowest BCUT2D eigenvalue weighted by atomic mass is 10.1. The highest BCUT2D eigenvalue weighted by Gasteiger charge is 2.13. The molecule has 0 aliphatic heterocycles. The number of hydrogen-bond acceptors (Lipinski definition) is 4. The van der Waals surface area contributed by atoms with E-state index in [4.69, 9.17) is 19.7 Å². The van der Waals surface area contributed by atoms with Gasteiger partial charge in [0, 0.05) is 0 Å². The van der Waals surface area contributed by atoms with E-state index in [0.29, 0.717) is 6.42 Å². The van der Waals surface area contributed by atoms with E-state index in [0.717, 1.165) is 11.3 Å². The van der Waals surface area contributed by atoms with E-state index < -0.39 is 12.3 Å². The van der Waals surface area contributed by atoms with Gasteiger partial charge in [0.05, 0.1) is 13.7 Å². The molecule has 0 aliphatic rings. The fraction of sp³-hybridized carbons (Fsp3) is 0.364. The van der Waals surface area contributed by atoms with Gasteiger partial charge in [0.15, 0.2) is 0 Å². The van der Waals surface area contributed by atoms with E-state index >= 15 is 0 Å². The second kappa shape index (κ2) is 6.09. The molecule has 0 fully saturated rings. The minimum Gasteiger partial charge on any atom is -0.496 e. The quantitative estimate of drug-likeness (QED) is 0.697. The molecule has 88 valence electrons. The van der Waals surface area contributed by atoms with Crippen molar-refractivity contribution < 1.29 is 24.5 Å². The van der Waals surface area contributed by atoms with Crippen molar-refractivity contribution >= 4 is 5.97 Å². The predicted octanol–water partition coefficient (Wildman–Crippen LogP) is 0.657. The molecule has 1 atom stereocenters. The maximum absolute atomic E-state index is 10.3. The van der Waals surface area contributed by atoms with E-state index in [2.05, 4.69) is 0 Å². The molecule has 2 N–H and O–H groups in total. The summed E-state index contributed by atoms with van der Waals surface area (Å²) in [6.45, 7) is 0.119. The average Bonchev–Trinajstić information content (AvgIpc) is 2.29. The van der Waals surface area contributed by atoms with Crippen LogP contribution in [0.5, 0.6) is 5.75 Å². The Morgan fingerprint density at radius 2 is 2.12 bits per heavy atom. The monoisotopic (exact) mass is 226 g/mol. The van der Waals surface area contributed by atoms with Crippen LogP contribution in [0.15, 0.2) is 24.3 Å². The van der Waals surface area contributed by atoms with E-state index in [9.17, 15) is 4.79 Å². The van der Waals surface area contributed by atoms with Crippen molar-refractivity contribution in [2.45, 2.75) is 12.7 Å². The van der Waals surface area contributed by atoms with Gasteiger partial charge in [-0.1, -0.05) is 18.2 Å². The number of hydrogen-bond donors (Lipinski definition) is 2. The Labute approximate surface area is 93.2 Å². The third-order valence-electron chi connectivity index (χ3n) is 2.05. The molecule has 0 amide bonds. The molecule has 0 bridgehead atoms. The highest BCUT2D eigenvalue weighted by Crippen LogP contribution is 2.17. The minimum atomic E-state index is -1.77. The molecule has 0 aromatic heterocycles. The number of aliphatic hydroxyl groups excluding tert-OH is 1. The number of methoxy groups -OCH3 is 1. The summed E-state index contributed by atoms with van der Waals surface area (Å²) < 4.78 is 9.82. The lowest BCUT2D eigenvalue weighted by molar-refractivity contribution is -0.176. The SMILES string of the molecule is COc1ccccc1CCOC(O)C(=O)O. The number of para-hydroxylation sites is 1. The van der Waals surface area contributed by atoms with Crippen LogP contribution in [0.1, 0.15) is 5.56 Å². The second-order valence-electron chi connectivity index (χ2n) is 3.12. The normalized spacial score (nSPS) is 12.1. The summed E-state index contributed by atoms with van der Waals surface area (Å²) >= 11 is 0. The highest BCUT2D eigenvalue weighted by molar-refractivity contribution is 5.70. The fourth-order valence-corrected chi connectivity index (χ4v) is 1.26. The summed E-state index contributed by atoms with van der Waals surface area (Å²) in [7, 11) is 1.56. The maximum Gasteiger partial charge on any atom is 0.360 e. The molecule has 1 aromatic rings. The van der Waals surface area contributed by atoms with E-state index in [-0.39, 0.29) is 6.61 Å². The van der Waals surface area contributed by atoms with Crippen molar-refractivity contribution in [1.82, 2.24) is 0 Å². The highest BCUT2D eigenvalue weighted by atomic mass is 16.6. The zero-order chi connectivity index (χ0) is 12.0. The van der Waals surface area contributed by atoms with E-state index in [1.807, 2.05) is 24.3 Å². The smallest absolute Gasteiger partial charge is 0.360 e. The van der Waals surface area contributed by atoms with Crippen LogP contribution in [0.2, 0.25) is 0 Å². The first kappa shape index (κ1) is 12.5. The number of carboxylic acid groups (broad SMARTS) is 1. The summed E-state index contributed by atoms with van der Waals surface area (Å²) in [6.07, 6.45) is -1.29. The van der Waals surface area contributed by atoms with Gasteiger partial charge in [-0.2, -0.15) is 0 Å². The Kier molecular flexibility index (Phi) is 4.75. The lowest BCUT2D eigenvalue weighted by Crippen LogP contribution is -2.24. The fourth-order valence-electron chi connectivity index (χ4n) is 1.26. The van der Waals surface area contributed by atoms with Crippen LogP contribution in [0, 0.1) is 0 Å². The zero-order valence-electron chi connectivity index (χ0n) is 8.92. The number of aliphatic carboxylic acids is 1. The average molecular weight is 226 g/mol. The first-order chi connectivity index (χ1) is 7.65. The Morgan fingerprint density at radius 3 is 2.75 bits per heavy atom. The molecule has 5 nitrogen and oxygen atoms in total. The molecule has 5 heteroatoms. The molecule has 1 unspecified atom stereocenters. The van der Waals surface area contributed by atoms with Crippen molar-refractivity contribution in [3.63, 3.8) is 0 Å². The van der Waals surface area contributed by atoms with Gasteiger partial charge >= 0.3 is 5.97 Å². The summed E-state index contributed by atoms with van der Waals surface area (Å²) in [5.41, 5.74) is 0.905. The van der Waals surface area contributed by atoms with E-state index in [1.54, 1.807) is 7.11 Å². The maximum atomic E-state index is 10.3. The molecule has 0 heterocycles.